The van der Waals surface area contributed by atoms with Gasteiger partial charge in [-0.3, -0.25) is 9.59 Å². The van der Waals surface area contributed by atoms with Crippen molar-refractivity contribution < 1.29 is 14.3 Å². The lowest BCUT2D eigenvalue weighted by molar-refractivity contribution is -0.141. The third-order valence-electron chi connectivity index (χ3n) is 4.08. The van der Waals surface area contributed by atoms with Crippen LogP contribution in [0.2, 0.25) is 0 Å². The molecule has 3 heteroatoms. The number of rotatable bonds is 4. The van der Waals surface area contributed by atoms with Gasteiger partial charge in [-0.05, 0) is 31.8 Å². The maximum Gasteiger partial charge on any atom is 0.306 e. The predicted molar refractivity (Wildman–Crippen MR) is 72.1 cm³/mol. The molecule has 0 aromatic rings. The number of hydrogen-bond acceptors (Lipinski definition) is 3. The van der Waals surface area contributed by atoms with E-state index in [2.05, 4.69) is 11.8 Å². The first kappa shape index (κ1) is 13.9. The van der Waals surface area contributed by atoms with E-state index in [1.165, 1.54) is 0 Å². The van der Waals surface area contributed by atoms with Crippen molar-refractivity contribution in [2.24, 2.45) is 17.8 Å². The quantitative estimate of drug-likeness (QED) is 0.443. The molecule has 3 nitrogen and oxygen atoms in total. The van der Waals surface area contributed by atoms with Crippen molar-refractivity contribution >= 4 is 11.8 Å². The van der Waals surface area contributed by atoms with E-state index in [9.17, 15) is 9.59 Å². The minimum atomic E-state index is -0.0917. The van der Waals surface area contributed by atoms with Gasteiger partial charge in [0.05, 0.1) is 6.42 Å². The van der Waals surface area contributed by atoms with E-state index < -0.39 is 0 Å². The molecule has 19 heavy (non-hydrogen) atoms. The van der Waals surface area contributed by atoms with Crippen LogP contribution in [0.3, 0.4) is 0 Å². The third kappa shape index (κ3) is 3.26. The van der Waals surface area contributed by atoms with E-state index in [-0.39, 0.29) is 29.7 Å². The summed E-state index contributed by atoms with van der Waals surface area (Å²) in [5.74, 6) is 6.30. The first-order valence-electron chi connectivity index (χ1n) is 6.93. The summed E-state index contributed by atoms with van der Waals surface area (Å²) in [6.07, 6.45) is 6.79. The molecule has 2 rings (SSSR count). The van der Waals surface area contributed by atoms with Crippen LogP contribution in [0.15, 0.2) is 12.2 Å². The zero-order valence-corrected chi connectivity index (χ0v) is 11.5. The van der Waals surface area contributed by atoms with Gasteiger partial charge in [0, 0.05) is 18.3 Å². The molecule has 0 aromatic heterocycles. The number of carbonyl (C=O) groups excluding carboxylic acids is 2. The number of hydrogen-bond donors (Lipinski definition) is 0. The van der Waals surface area contributed by atoms with Crippen molar-refractivity contribution in [2.45, 2.75) is 45.6 Å². The Labute approximate surface area is 114 Å². The summed E-state index contributed by atoms with van der Waals surface area (Å²) in [5, 5.41) is 0. The van der Waals surface area contributed by atoms with Gasteiger partial charge in [-0.15, -0.1) is 11.8 Å². The standard InChI is InChI=1S/C16H20O3/c1-3-4-5-11(2)14(17)8-6-12-7-9-15-13(12)10-16(18)19-15/h6,8,11-13,15H,5,7,9-10H2,1-2H3/t11?,12-,13+,15-/m0/s1. The normalized spacial score (nSPS) is 30.6. The highest BCUT2D eigenvalue weighted by Gasteiger charge is 2.43. The van der Waals surface area contributed by atoms with Crippen molar-refractivity contribution in [3.8, 4) is 11.8 Å². The number of fused-ring (bicyclic) bond motifs is 1. The lowest BCUT2D eigenvalue weighted by Crippen LogP contribution is -2.13. The van der Waals surface area contributed by atoms with Gasteiger partial charge in [0.15, 0.2) is 5.78 Å². The Hall–Kier alpha value is -1.56. The van der Waals surface area contributed by atoms with Gasteiger partial charge in [-0.2, -0.15) is 0 Å². The molecule has 2 fully saturated rings. The fourth-order valence-corrected chi connectivity index (χ4v) is 2.88. The summed E-state index contributed by atoms with van der Waals surface area (Å²) < 4.78 is 5.25. The van der Waals surface area contributed by atoms with Crippen molar-refractivity contribution in [1.82, 2.24) is 0 Å². The summed E-state index contributed by atoms with van der Waals surface area (Å²) in [6.45, 7) is 3.68. The summed E-state index contributed by atoms with van der Waals surface area (Å²) >= 11 is 0. The Morgan fingerprint density at radius 2 is 2.32 bits per heavy atom. The van der Waals surface area contributed by atoms with Crippen LogP contribution >= 0.6 is 0 Å². The minimum absolute atomic E-state index is 0.0534. The molecule has 1 saturated carbocycles. The summed E-state index contributed by atoms with van der Waals surface area (Å²) in [6, 6.07) is 0. The number of ether oxygens (including phenoxy) is 1. The molecule has 0 amide bonds. The third-order valence-corrected chi connectivity index (χ3v) is 4.08. The van der Waals surface area contributed by atoms with E-state index in [1.54, 1.807) is 13.0 Å². The summed E-state index contributed by atoms with van der Waals surface area (Å²) in [4.78, 5) is 23.1. The van der Waals surface area contributed by atoms with Gasteiger partial charge >= 0.3 is 5.97 Å². The molecule has 1 saturated heterocycles. The van der Waals surface area contributed by atoms with Crippen LogP contribution in [0.25, 0.3) is 0 Å². The largest absolute Gasteiger partial charge is 0.462 e. The second kappa shape index (κ2) is 6.06. The molecule has 0 N–H and O–H groups in total. The average Bonchev–Trinajstić information content (AvgIpc) is 2.92. The Morgan fingerprint density at radius 1 is 1.53 bits per heavy atom. The molecule has 1 heterocycles. The Morgan fingerprint density at radius 3 is 3.05 bits per heavy atom. The number of carbonyl (C=O) groups is 2. The van der Waals surface area contributed by atoms with Gasteiger partial charge in [0.25, 0.3) is 0 Å². The van der Waals surface area contributed by atoms with E-state index in [0.29, 0.717) is 18.8 Å². The maximum absolute atomic E-state index is 11.9. The average molecular weight is 260 g/mol. The summed E-state index contributed by atoms with van der Waals surface area (Å²) in [7, 11) is 0. The monoisotopic (exact) mass is 260 g/mol. The highest BCUT2D eigenvalue weighted by molar-refractivity contribution is 5.91. The van der Waals surface area contributed by atoms with Gasteiger partial charge in [0.1, 0.15) is 6.10 Å². The fourth-order valence-electron chi connectivity index (χ4n) is 2.88. The van der Waals surface area contributed by atoms with Crippen molar-refractivity contribution in [3.05, 3.63) is 12.2 Å². The molecule has 102 valence electrons. The van der Waals surface area contributed by atoms with Crippen molar-refractivity contribution in [3.63, 3.8) is 0 Å². The van der Waals surface area contributed by atoms with Crippen LogP contribution in [0.1, 0.15) is 39.5 Å². The first-order valence-corrected chi connectivity index (χ1v) is 6.93. The van der Waals surface area contributed by atoms with Crippen LogP contribution in [-0.4, -0.2) is 17.9 Å². The lowest BCUT2D eigenvalue weighted by atomic mass is 9.92. The fraction of sp³-hybridized carbons (Fsp3) is 0.625. The van der Waals surface area contributed by atoms with Gasteiger partial charge in [-0.1, -0.05) is 13.0 Å². The van der Waals surface area contributed by atoms with Crippen LogP contribution in [0.4, 0.5) is 0 Å². The zero-order valence-electron chi connectivity index (χ0n) is 11.5. The molecule has 0 radical (unpaired) electrons. The maximum atomic E-state index is 11.9. The van der Waals surface area contributed by atoms with E-state index in [1.807, 2.05) is 13.0 Å². The van der Waals surface area contributed by atoms with E-state index >= 15 is 0 Å². The number of esters is 1. The van der Waals surface area contributed by atoms with Crippen LogP contribution in [0, 0.1) is 29.6 Å². The second-order valence-electron chi connectivity index (χ2n) is 5.43. The summed E-state index contributed by atoms with van der Waals surface area (Å²) in [5.41, 5.74) is 0. The molecule has 0 bridgehead atoms. The number of allylic oxidation sites excluding steroid dienone is 2. The molecule has 1 unspecified atom stereocenters. The van der Waals surface area contributed by atoms with E-state index in [0.717, 1.165) is 12.8 Å². The zero-order chi connectivity index (χ0) is 13.8. The van der Waals surface area contributed by atoms with Gasteiger partial charge in [0.2, 0.25) is 0 Å². The molecular weight excluding hydrogens is 240 g/mol. The second-order valence-corrected chi connectivity index (χ2v) is 5.43. The smallest absolute Gasteiger partial charge is 0.306 e. The number of ketones is 1. The highest BCUT2D eigenvalue weighted by Crippen LogP contribution is 2.41. The molecular formula is C16H20O3. The van der Waals surface area contributed by atoms with Gasteiger partial charge < -0.3 is 4.74 Å². The van der Waals surface area contributed by atoms with Crippen molar-refractivity contribution in [1.29, 1.82) is 0 Å². The SMILES string of the molecule is CC#CCC(C)C(=O)C=C[C@H]1CC[C@@H]2OC(=O)C[C@@H]21. The van der Waals surface area contributed by atoms with Crippen LogP contribution in [0.5, 0.6) is 0 Å². The first-order chi connectivity index (χ1) is 9.11. The molecule has 1 aliphatic carbocycles. The topological polar surface area (TPSA) is 43.4 Å². The molecule has 0 aromatic carbocycles. The van der Waals surface area contributed by atoms with Gasteiger partial charge in [-0.25, -0.2) is 0 Å². The Bertz CT molecular complexity index is 452. The molecule has 2 aliphatic rings. The Kier molecular flexibility index (Phi) is 4.42. The molecule has 0 spiro atoms. The van der Waals surface area contributed by atoms with E-state index in [4.69, 9.17) is 4.74 Å². The molecule has 4 atom stereocenters. The minimum Gasteiger partial charge on any atom is -0.462 e. The predicted octanol–water partition coefficient (Wildman–Crippen LogP) is 2.50. The molecule has 1 aliphatic heterocycles. The highest BCUT2D eigenvalue weighted by atomic mass is 16.5. The van der Waals surface area contributed by atoms with Crippen LogP contribution < -0.4 is 0 Å². The van der Waals surface area contributed by atoms with Crippen molar-refractivity contribution in [2.75, 3.05) is 0 Å². The van der Waals surface area contributed by atoms with Crippen LogP contribution in [-0.2, 0) is 14.3 Å². The lowest BCUT2D eigenvalue weighted by Gasteiger charge is -2.11. The Balaban J connectivity index is 1.89.